The molecule has 1 aliphatic heterocycles. The van der Waals surface area contributed by atoms with Gasteiger partial charge in [0.1, 0.15) is 0 Å². The zero-order valence-electron chi connectivity index (χ0n) is 14.5. The predicted molar refractivity (Wildman–Crippen MR) is 91.9 cm³/mol. The van der Waals surface area contributed by atoms with Crippen LogP contribution < -0.4 is 5.32 Å². The topological polar surface area (TPSA) is 75.6 Å². The average molecular weight is 333 g/mol. The van der Waals surface area contributed by atoms with Gasteiger partial charge in [0, 0.05) is 25.0 Å². The molecule has 0 aromatic heterocycles. The highest BCUT2D eigenvalue weighted by Crippen LogP contribution is 2.43. The number of rotatable bonds is 7. The van der Waals surface area contributed by atoms with Crippen LogP contribution in [0.15, 0.2) is 30.3 Å². The Morgan fingerprint density at radius 3 is 2.54 bits per heavy atom. The average Bonchev–Trinajstić information content (AvgIpc) is 2.53. The molecule has 1 aliphatic rings. The SMILES string of the molecule is CC1(C)C[C@@](CCNC(=O)CCC(=O)O)(c2ccccc2)CCO1. The van der Waals surface area contributed by atoms with Crippen LogP contribution in [-0.2, 0) is 19.7 Å². The highest BCUT2D eigenvalue weighted by atomic mass is 16.5. The summed E-state index contributed by atoms with van der Waals surface area (Å²) in [4.78, 5) is 22.3. The zero-order chi connectivity index (χ0) is 17.6. The molecule has 1 aromatic carbocycles. The molecule has 1 amide bonds. The number of nitrogens with one attached hydrogen (secondary N) is 1. The van der Waals surface area contributed by atoms with Gasteiger partial charge in [0.05, 0.1) is 12.0 Å². The van der Waals surface area contributed by atoms with Crippen LogP contribution in [0.1, 0.15) is 51.5 Å². The van der Waals surface area contributed by atoms with Crippen LogP contribution in [0.2, 0.25) is 0 Å². The second-order valence-corrected chi connectivity index (χ2v) is 7.17. The Labute approximate surface area is 143 Å². The van der Waals surface area contributed by atoms with Crippen LogP contribution in [0.25, 0.3) is 0 Å². The van der Waals surface area contributed by atoms with Crippen molar-refractivity contribution < 1.29 is 19.4 Å². The van der Waals surface area contributed by atoms with E-state index >= 15 is 0 Å². The molecule has 5 nitrogen and oxygen atoms in total. The minimum atomic E-state index is -0.947. The van der Waals surface area contributed by atoms with E-state index in [9.17, 15) is 9.59 Å². The van der Waals surface area contributed by atoms with Crippen molar-refractivity contribution >= 4 is 11.9 Å². The van der Waals surface area contributed by atoms with E-state index < -0.39 is 5.97 Å². The largest absolute Gasteiger partial charge is 0.481 e. The van der Waals surface area contributed by atoms with Crippen LogP contribution in [0.5, 0.6) is 0 Å². The molecule has 0 unspecified atom stereocenters. The summed E-state index contributed by atoms with van der Waals surface area (Å²) in [6, 6.07) is 10.4. The van der Waals surface area contributed by atoms with Gasteiger partial charge in [-0.3, -0.25) is 9.59 Å². The number of benzene rings is 1. The molecule has 0 aliphatic carbocycles. The molecule has 132 valence electrons. The fourth-order valence-corrected chi connectivity index (χ4v) is 3.62. The van der Waals surface area contributed by atoms with Crippen molar-refractivity contribution in [3.63, 3.8) is 0 Å². The summed E-state index contributed by atoms with van der Waals surface area (Å²) in [5, 5.41) is 11.5. The Morgan fingerprint density at radius 1 is 1.21 bits per heavy atom. The Kier molecular flexibility index (Phi) is 5.99. The third-order valence-corrected chi connectivity index (χ3v) is 4.72. The van der Waals surface area contributed by atoms with Gasteiger partial charge >= 0.3 is 5.97 Å². The van der Waals surface area contributed by atoms with E-state index in [2.05, 4.69) is 31.3 Å². The van der Waals surface area contributed by atoms with Gasteiger partial charge in [-0.05, 0) is 38.7 Å². The van der Waals surface area contributed by atoms with E-state index in [4.69, 9.17) is 9.84 Å². The normalized spacial score (nSPS) is 22.8. The first kappa shape index (κ1) is 18.5. The van der Waals surface area contributed by atoms with Gasteiger partial charge in [-0.2, -0.15) is 0 Å². The maximum atomic E-state index is 11.8. The predicted octanol–water partition coefficient (Wildman–Crippen LogP) is 2.88. The first-order valence-electron chi connectivity index (χ1n) is 8.51. The van der Waals surface area contributed by atoms with Crippen molar-refractivity contribution in [3.8, 4) is 0 Å². The van der Waals surface area contributed by atoms with Crippen molar-refractivity contribution in [1.82, 2.24) is 5.32 Å². The molecule has 1 heterocycles. The summed E-state index contributed by atoms with van der Waals surface area (Å²) < 4.78 is 5.88. The lowest BCUT2D eigenvalue weighted by molar-refractivity contribution is -0.138. The van der Waals surface area contributed by atoms with Gasteiger partial charge in [-0.1, -0.05) is 30.3 Å². The monoisotopic (exact) mass is 333 g/mol. The lowest BCUT2D eigenvalue weighted by Gasteiger charge is -2.45. The van der Waals surface area contributed by atoms with E-state index in [1.807, 2.05) is 18.2 Å². The summed E-state index contributed by atoms with van der Waals surface area (Å²) in [5.41, 5.74) is 1.06. The number of amides is 1. The van der Waals surface area contributed by atoms with Crippen molar-refractivity contribution in [1.29, 1.82) is 0 Å². The van der Waals surface area contributed by atoms with Crippen molar-refractivity contribution in [2.45, 2.75) is 57.0 Å². The summed E-state index contributed by atoms with van der Waals surface area (Å²) in [7, 11) is 0. The van der Waals surface area contributed by atoms with E-state index in [-0.39, 0.29) is 29.8 Å². The molecule has 0 saturated carbocycles. The molecule has 1 saturated heterocycles. The lowest BCUT2D eigenvalue weighted by Crippen LogP contribution is -2.45. The fourth-order valence-electron chi connectivity index (χ4n) is 3.62. The Morgan fingerprint density at radius 2 is 1.92 bits per heavy atom. The summed E-state index contributed by atoms with van der Waals surface area (Å²) >= 11 is 0. The standard InChI is InChI=1S/C19H27NO4/c1-18(2)14-19(11-13-24-18,15-6-4-3-5-7-15)10-12-20-16(21)8-9-17(22)23/h3-7H,8-14H2,1-2H3,(H,20,21)(H,22,23)/t19-/m0/s1. The molecule has 5 heteroatoms. The number of aliphatic carboxylic acids is 1. The quantitative estimate of drug-likeness (QED) is 0.804. The first-order chi connectivity index (χ1) is 11.3. The van der Waals surface area contributed by atoms with E-state index in [0.29, 0.717) is 13.2 Å². The van der Waals surface area contributed by atoms with E-state index in [1.54, 1.807) is 0 Å². The van der Waals surface area contributed by atoms with Crippen molar-refractivity contribution in [3.05, 3.63) is 35.9 Å². The molecule has 24 heavy (non-hydrogen) atoms. The number of hydrogen-bond acceptors (Lipinski definition) is 3. The van der Waals surface area contributed by atoms with Crippen LogP contribution in [0.4, 0.5) is 0 Å². The number of carboxylic acid groups (broad SMARTS) is 1. The third kappa shape index (κ3) is 5.06. The van der Waals surface area contributed by atoms with Gasteiger partial charge in [-0.25, -0.2) is 0 Å². The summed E-state index contributed by atoms with van der Waals surface area (Å²) in [5.74, 6) is -1.15. The van der Waals surface area contributed by atoms with Crippen molar-refractivity contribution in [2.75, 3.05) is 13.2 Å². The third-order valence-electron chi connectivity index (χ3n) is 4.72. The Bertz CT molecular complexity index is 570. The van der Waals surface area contributed by atoms with Crippen LogP contribution in [-0.4, -0.2) is 35.7 Å². The van der Waals surface area contributed by atoms with Crippen LogP contribution in [0.3, 0.4) is 0 Å². The van der Waals surface area contributed by atoms with Crippen LogP contribution >= 0.6 is 0 Å². The molecule has 1 atom stereocenters. The highest BCUT2D eigenvalue weighted by molar-refractivity contribution is 5.80. The second kappa shape index (κ2) is 7.79. The molecule has 1 fully saturated rings. The van der Waals surface area contributed by atoms with Gasteiger partial charge in [-0.15, -0.1) is 0 Å². The number of carbonyl (C=O) groups is 2. The van der Waals surface area contributed by atoms with E-state index in [1.165, 1.54) is 5.56 Å². The Hall–Kier alpha value is -1.88. The molecular formula is C19H27NO4. The molecule has 0 spiro atoms. The summed E-state index contributed by atoms with van der Waals surface area (Å²) in [6.07, 6.45) is 2.54. The molecule has 2 N–H and O–H groups in total. The van der Waals surface area contributed by atoms with Gasteiger partial charge in [0.2, 0.25) is 5.91 Å². The number of carboxylic acids is 1. The van der Waals surface area contributed by atoms with E-state index in [0.717, 1.165) is 19.3 Å². The Balaban J connectivity index is 2.02. The minimum absolute atomic E-state index is 0.0247. The molecule has 0 radical (unpaired) electrons. The lowest BCUT2D eigenvalue weighted by atomic mass is 9.67. The fraction of sp³-hybridized carbons (Fsp3) is 0.579. The number of hydrogen-bond donors (Lipinski definition) is 2. The van der Waals surface area contributed by atoms with Gasteiger partial charge < -0.3 is 15.2 Å². The smallest absolute Gasteiger partial charge is 0.303 e. The van der Waals surface area contributed by atoms with Crippen molar-refractivity contribution in [2.24, 2.45) is 0 Å². The van der Waals surface area contributed by atoms with Gasteiger partial charge in [0.15, 0.2) is 0 Å². The minimum Gasteiger partial charge on any atom is -0.481 e. The first-order valence-corrected chi connectivity index (χ1v) is 8.51. The maximum absolute atomic E-state index is 11.8. The molecule has 0 bridgehead atoms. The van der Waals surface area contributed by atoms with Crippen LogP contribution in [0, 0.1) is 0 Å². The number of ether oxygens (including phenoxy) is 1. The second-order valence-electron chi connectivity index (χ2n) is 7.17. The number of carbonyl (C=O) groups excluding carboxylic acids is 1. The van der Waals surface area contributed by atoms with Gasteiger partial charge in [0.25, 0.3) is 0 Å². The highest BCUT2D eigenvalue weighted by Gasteiger charge is 2.41. The molecular weight excluding hydrogens is 306 g/mol. The molecule has 1 aromatic rings. The zero-order valence-corrected chi connectivity index (χ0v) is 14.5. The summed E-state index contributed by atoms with van der Waals surface area (Å²) in [6.45, 7) is 5.46. The maximum Gasteiger partial charge on any atom is 0.303 e. The molecule has 2 rings (SSSR count).